The van der Waals surface area contributed by atoms with Crippen LogP contribution in [0.15, 0.2) is 18.6 Å². The topological polar surface area (TPSA) is 39.9 Å². The molecule has 0 saturated heterocycles. The van der Waals surface area contributed by atoms with Crippen molar-refractivity contribution in [1.82, 2.24) is 14.5 Å². The van der Waals surface area contributed by atoms with Crippen LogP contribution >= 0.6 is 11.6 Å². The Balaban J connectivity index is 2.35. The number of halogens is 1. The lowest BCUT2D eigenvalue weighted by molar-refractivity contribution is 0.406. The third kappa shape index (κ3) is 2.34. The fraction of sp³-hybridized carbons (Fsp3) is 0.385. The van der Waals surface area contributed by atoms with Gasteiger partial charge in [-0.3, -0.25) is 4.98 Å². The van der Waals surface area contributed by atoms with Crippen molar-refractivity contribution in [3.05, 3.63) is 41.2 Å². The number of alkyl halides is 1. The maximum absolute atomic E-state index is 5.83. The summed E-state index contributed by atoms with van der Waals surface area (Å²) >= 11 is 5.83. The summed E-state index contributed by atoms with van der Waals surface area (Å²) in [6.45, 7) is 4.67. The van der Waals surface area contributed by atoms with Gasteiger partial charge in [0.25, 0.3) is 0 Å². The summed E-state index contributed by atoms with van der Waals surface area (Å²) in [7, 11) is 1.68. The quantitative estimate of drug-likeness (QED) is 0.798. The molecule has 0 bridgehead atoms. The van der Waals surface area contributed by atoms with Crippen LogP contribution in [0.5, 0.6) is 5.75 Å². The molecule has 0 atom stereocenters. The Morgan fingerprint density at radius 3 is 2.78 bits per heavy atom. The molecule has 0 aliphatic carbocycles. The summed E-state index contributed by atoms with van der Waals surface area (Å²) in [4.78, 5) is 8.66. The zero-order chi connectivity index (χ0) is 13.1. The highest BCUT2D eigenvalue weighted by atomic mass is 35.5. The number of imidazole rings is 1. The molecule has 0 amide bonds. The van der Waals surface area contributed by atoms with Crippen molar-refractivity contribution in [3.8, 4) is 5.75 Å². The molecule has 0 saturated carbocycles. The summed E-state index contributed by atoms with van der Waals surface area (Å²) in [6.07, 6.45) is 5.49. The van der Waals surface area contributed by atoms with Crippen LogP contribution < -0.4 is 4.74 Å². The number of aromatic nitrogens is 3. The van der Waals surface area contributed by atoms with E-state index in [2.05, 4.69) is 9.97 Å². The van der Waals surface area contributed by atoms with Crippen molar-refractivity contribution in [2.75, 3.05) is 7.11 Å². The van der Waals surface area contributed by atoms with Gasteiger partial charge in [0, 0.05) is 29.7 Å². The van der Waals surface area contributed by atoms with Crippen LogP contribution in [0.4, 0.5) is 0 Å². The maximum atomic E-state index is 5.83. The number of nitrogens with zero attached hydrogens (tertiary/aromatic N) is 3. The highest BCUT2D eigenvalue weighted by molar-refractivity contribution is 6.16. The molecule has 2 aromatic heterocycles. The molecule has 0 aliphatic heterocycles. The molecule has 2 rings (SSSR count). The molecular formula is C13H16ClN3O. The number of hydrogen-bond donors (Lipinski definition) is 0. The predicted octanol–water partition coefficient (Wildman–Crippen LogP) is 2.69. The van der Waals surface area contributed by atoms with Gasteiger partial charge in [-0.1, -0.05) is 0 Å². The van der Waals surface area contributed by atoms with Crippen LogP contribution in [0.25, 0.3) is 0 Å². The van der Waals surface area contributed by atoms with E-state index in [-0.39, 0.29) is 0 Å². The summed E-state index contributed by atoms with van der Waals surface area (Å²) in [5.74, 6) is 2.14. The SMILES string of the molecule is COc1c(C)cnc(Cn2ccnc2CCl)c1C. The van der Waals surface area contributed by atoms with Gasteiger partial charge in [-0.05, 0) is 13.8 Å². The standard InChI is InChI=1S/C13H16ClN3O/c1-9-7-16-11(10(2)13(9)18-3)8-17-5-4-15-12(17)6-14/h4-5,7H,6,8H2,1-3H3. The molecule has 2 aromatic rings. The molecule has 0 spiro atoms. The van der Waals surface area contributed by atoms with Crippen LogP contribution in [0.3, 0.4) is 0 Å². The highest BCUT2D eigenvalue weighted by Crippen LogP contribution is 2.24. The Kier molecular flexibility index (Phi) is 3.87. The van der Waals surface area contributed by atoms with Gasteiger partial charge >= 0.3 is 0 Å². The maximum Gasteiger partial charge on any atom is 0.128 e. The Hall–Kier alpha value is -1.55. The molecule has 18 heavy (non-hydrogen) atoms. The fourth-order valence-electron chi connectivity index (χ4n) is 2.01. The summed E-state index contributed by atoms with van der Waals surface area (Å²) < 4.78 is 7.40. The molecule has 5 heteroatoms. The predicted molar refractivity (Wildman–Crippen MR) is 71.1 cm³/mol. The van der Waals surface area contributed by atoms with Gasteiger partial charge < -0.3 is 9.30 Å². The monoisotopic (exact) mass is 265 g/mol. The van der Waals surface area contributed by atoms with Crippen LogP contribution in [0.1, 0.15) is 22.6 Å². The van der Waals surface area contributed by atoms with Crippen LogP contribution in [-0.2, 0) is 12.4 Å². The van der Waals surface area contributed by atoms with E-state index in [4.69, 9.17) is 16.3 Å². The number of pyridine rings is 1. The molecule has 0 aliphatic rings. The van der Waals surface area contributed by atoms with Crippen LogP contribution in [-0.4, -0.2) is 21.6 Å². The minimum atomic E-state index is 0.398. The summed E-state index contributed by atoms with van der Waals surface area (Å²) in [5, 5.41) is 0. The normalized spacial score (nSPS) is 10.7. The van der Waals surface area contributed by atoms with Gasteiger partial charge in [-0.2, -0.15) is 0 Å². The second-order valence-corrected chi connectivity index (χ2v) is 4.42. The van der Waals surface area contributed by atoms with Crippen molar-refractivity contribution in [3.63, 3.8) is 0 Å². The molecular weight excluding hydrogens is 250 g/mol. The largest absolute Gasteiger partial charge is 0.496 e. The first kappa shape index (κ1) is 12.9. The number of rotatable bonds is 4. The second kappa shape index (κ2) is 5.40. The first-order chi connectivity index (χ1) is 8.67. The third-order valence-corrected chi connectivity index (χ3v) is 3.23. The van der Waals surface area contributed by atoms with Gasteiger partial charge in [-0.25, -0.2) is 4.98 Å². The zero-order valence-corrected chi connectivity index (χ0v) is 11.5. The van der Waals surface area contributed by atoms with E-state index in [9.17, 15) is 0 Å². The van der Waals surface area contributed by atoms with Gasteiger partial charge in [0.05, 0.1) is 25.2 Å². The van der Waals surface area contributed by atoms with Crippen molar-refractivity contribution in [2.24, 2.45) is 0 Å². The van der Waals surface area contributed by atoms with Gasteiger partial charge in [-0.15, -0.1) is 11.6 Å². The van der Waals surface area contributed by atoms with Gasteiger partial charge in [0.1, 0.15) is 11.6 Å². The molecule has 0 aromatic carbocycles. The Bertz CT molecular complexity index is 551. The Morgan fingerprint density at radius 1 is 1.33 bits per heavy atom. The Morgan fingerprint density at radius 2 is 2.11 bits per heavy atom. The lowest BCUT2D eigenvalue weighted by Crippen LogP contribution is -2.07. The first-order valence-corrected chi connectivity index (χ1v) is 6.25. The van der Waals surface area contributed by atoms with E-state index < -0.39 is 0 Å². The summed E-state index contributed by atoms with van der Waals surface area (Å²) in [5.41, 5.74) is 3.08. The van der Waals surface area contributed by atoms with Crippen molar-refractivity contribution in [2.45, 2.75) is 26.3 Å². The van der Waals surface area contributed by atoms with Crippen molar-refractivity contribution < 1.29 is 4.74 Å². The highest BCUT2D eigenvalue weighted by Gasteiger charge is 2.11. The van der Waals surface area contributed by atoms with Crippen LogP contribution in [0.2, 0.25) is 0 Å². The molecule has 96 valence electrons. The fourth-order valence-corrected chi connectivity index (χ4v) is 2.23. The number of aryl methyl sites for hydroxylation is 1. The molecule has 0 radical (unpaired) electrons. The van der Waals surface area contributed by atoms with Gasteiger partial charge in [0.15, 0.2) is 0 Å². The summed E-state index contributed by atoms with van der Waals surface area (Å²) in [6, 6.07) is 0. The average molecular weight is 266 g/mol. The number of hydrogen-bond acceptors (Lipinski definition) is 3. The molecule has 0 fully saturated rings. The van der Waals surface area contributed by atoms with E-state index in [0.717, 1.165) is 28.4 Å². The zero-order valence-electron chi connectivity index (χ0n) is 10.8. The molecule has 0 N–H and O–H groups in total. The number of methoxy groups -OCH3 is 1. The minimum Gasteiger partial charge on any atom is -0.496 e. The van der Waals surface area contributed by atoms with Gasteiger partial charge in [0.2, 0.25) is 0 Å². The first-order valence-electron chi connectivity index (χ1n) is 5.72. The molecule has 0 unspecified atom stereocenters. The third-order valence-electron chi connectivity index (χ3n) is 2.99. The van der Waals surface area contributed by atoms with E-state index in [1.54, 1.807) is 13.3 Å². The van der Waals surface area contributed by atoms with E-state index in [0.29, 0.717) is 12.4 Å². The molecule has 2 heterocycles. The molecule has 4 nitrogen and oxygen atoms in total. The number of ether oxygens (including phenoxy) is 1. The van der Waals surface area contributed by atoms with E-state index in [1.165, 1.54) is 0 Å². The lowest BCUT2D eigenvalue weighted by Gasteiger charge is -2.13. The smallest absolute Gasteiger partial charge is 0.128 e. The lowest BCUT2D eigenvalue weighted by atomic mass is 10.1. The second-order valence-electron chi connectivity index (χ2n) is 4.15. The average Bonchev–Trinajstić information content (AvgIpc) is 2.81. The van der Waals surface area contributed by atoms with E-state index in [1.807, 2.05) is 30.8 Å². The van der Waals surface area contributed by atoms with Crippen LogP contribution in [0, 0.1) is 13.8 Å². The minimum absolute atomic E-state index is 0.398. The Labute approximate surface area is 112 Å². The van der Waals surface area contributed by atoms with Crippen molar-refractivity contribution in [1.29, 1.82) is 0 Å². The van der Waals surface area contributed by atoms with E-state index >= 15 is 0 Å². The van der Waals surface area contributed by atoms with Crippen molar-refractivity contribution >= 4 is 11.6 Å².